The van der Waals surface area contributed by atoms with E-state index in [0.717, 1.165) is 28.3 Å². The lowest BCUT2D eigenvalue weighted by Crippen LogP contribution is -2.27. The number of hydrogen-bond acceptors (Lipinski definition) is 7. The van der Waals surface area contributed by atoms with Crippen LogP contribution in [0.25, 0.3) is 5.69 Å². The summed E-state index contributed by atoms with van der Waals surface area (Å²) in [5.74, 6) is 0.0679. The highest BCUT2D eigenvalue weighted by Crippen LogP contribution is 2.19. The van der Waals surface area contributed by atoms with Gasteiger partial charge in [0.2, 0.25) is 5.91 Å². The minimum atomic E-state index is -0.338. The number of benzene rings is 1. The monoisotopic (exact) mass is 478 g/mol. The van der Waals surface area contributed by atoms with Crippen LogP contribution in [0.4, 0.5) is 5.69 Å². The van der Waals surface area contributed by atoms with Gasteiger partial charge in [-0.25, -0.2) is 4.68 Å². The van der Waals surface area contributed by atoms with Crippen LogP contribution in [0, 0.1) is 0 Å². The molecule has 0 spiro atoms. The molecule has 0 unspecified atom stereocenters. The normalized spacial score (nSPS) is 10.6. The van der Waals surface area contributed by atoms with E-state index in [0.29, 0.717) is 22.0 Å². The van der Waals surface area contributed by atoms with Crippen molar-refractivity contribution in [3.8, 4) is 11.4 Å². The van der Waals surface area contributed by atoms with Gasteiger partial charge in [0.1, 0.15) is 12.3 Å². The molecule has 3 heterocycles. The first-order chi connectivity index (χ1) is 16.4. The lowest BCUT2D eigenvalue weighted by molar-refractivity contribution is -0.122. The highest BCUT2D eigenvalue weighted by molar-refractivity contribution is 7.16. The Kier molecular flexibility index (Phi) is 6.83. The maximum absolute atomic E-state index is 12.3. The predicted octanol–water partition coefficient (Wildman–Crippen LogP) is 2.91. The summed E-state index contributed by atoms with van der Waals surface area (Å²) in [5, 5.41) is 14.0. The molecule has 3 aromatic heterocycles. The predicted molar refractivity (Wildman–Crippen MR) is 126 cm³/mol. The van der Waals surface area contributed by atoms with E-state index in [-0.39, 0.29) is 24.1 Å². The number of Topliss-reactive ketones (excluding diaryl/α,β-unsaturated/α-hetero) is 1. The molecule has 10 nitrogen and oxygen atoms in total. The summed E-state index contributed by atoms with van der Waals surface area (Å²) >= 11 is 1.13. The standard InChI is InChI=1S/C23H22N6O4S/c1-15(30)20-6-7-21(34-20)23(32)27-17-11-25-28(13-17)14-22(31)24-9-16-10-26-29(12-16)18-4-3-5-19(8-18)33-2/h3-8,10-13H,9,14H2,1-2H3,(H,24,31)(H,27,32). The first-order valence-electron chi connectivity index (χ1n) is 10.3. The molecule has 0 fully saturated rings. The Morgan fingerprint density at radius 3 is 2.65 bits per heavy atom. The van der Waals surface area contributed by atoms with Gasteiger partial charge in [0, 0.05) is 30.6 Å². The minimum absolute atomic E-state index is 0.00657. The molecule has 4 rings (SSSR count). The third-order valence-electron chi connectivity index (χ3n) is 4.82. The molecular weight excluding hydrogens is 456 g/mol. The Labute approximate surface area is 199 Å². The van der Waals surface area contributed by atoms with Crippen LogP contribution >= 0.6 is 11.3 Å². The van der Waals surface area contributed by atoms with Crippen LogP contribution in [0.1, 0.15) is 31.8 Å². The first-order valence-corrected chi connectivity index (χ1v) is 11.1. The van der Waals surface area contributed by atoms with Gasteiger partial charge in [-0.15, -0.1) is 11.3 Å². The molecule has 11 heteroatoms. The van der Waals surface area contributed by atoms with E-state index in [4.69, 9.17) is 4.74 Å². The molecule has 1 aromatic carbocycles. The van der Waals surface area contributed by atoms with Gasteiger partial charge in [-0.1, -0.05) is 6.07 Å². The van der Waals surface area contributed by atoms with E-state index < -0.39 is 0 Å². The fraction of sp³-hybridized carbons (Fsp3) is 0.174. The summed E-state index contributed by atoms with van der Waals surface area (Å²) in [6, 6.07) is 10.7. The Morgan fingerprint density at radius 1 is 1.06 bits per heavy atom. The van der Waals surface area contributed by atoms with Gasteiger partial charge in [0.25, 0.3) is 5.91 Å². The molecule has 2 N–H and O–H groups in total. The van der Waals surface area contributed by atoms with Crippen LogP contribution in [0.15, 0.2) is 61.2 Å². The largest absolute Gasteiger partial charge is 0.497 e. The van der Waals surface area contributed by atoms with E-state index in [1.807, 2.05) is 30.5 Å². The molecule has 0 aliphatic heterocycles. The number of aromatic nitrogens is 4. The van der Waals surface area contributed by atoms with Crippen molar-refractivity contribution in [3.05, 3.63) is 76.5 Å². The molecule has 0 saturated heterocycles. The summed E-state index contributed by atoms with van der Waals surface area (Å²) in [4.78, 5) is 37.0. The van der Waals surface area contributed by atoms with E-state index in [9.17, 15) is 14.4 Å². The van der Waals surface area contributed by atoms with E-state index in [1.165, 1.54) is 17.8 Å². The zero-order chi connectivity index (χ0) is 24.1. The second kappa shape index (κ2) is 10.1. The lowest BCUT2D eigenvalue weighted by atomic mass is 10.3. The van der Waals surface area contributed by atoms with Crippen LogP contribution in [0.5, 0.6) is 5.75 Å². The number of anilines is 1. The van der Waals surface area contributed by atoms with E-state index in [1.54, 1.807) is 36.3 Å². The number of carbonyl (C=O) groups is 3. The van der Waals surface area contributed by atoms with Crippen LogP contribution in [0.2, 0.25) is 0 Å². The minimum Gasteiger partial charge on any atom is -0.497 e. The zero-order valence-electron chi connectivity index (χ0n) is 18.5. The average molecular weight is 479 g/mol. The van der Waals surface area contributed by atoms with Crippen LogP contribution in [-0.2, 0) is 17.9 Å². The number of thiophene rings is 1. The smallest absolute Gasteiger partial charge is 0.265 e. The maximum Gasteiger partial charge on any atom is 0.265 e. The number of hydrogen-bond donors (Lipinski definition) is 2. The Balaban J connectivity index is 1.28. The summed E-state index contributed by atoms with van der Waals surface area (Å²) in [7, 11) is 1.61. The molecular formula is C23H22N6O4S. The molecule has 34 heavy (non-hydrogen) atoms. The number of carbonyl (C=O) groups excluding carboxylic acids is 3. The summed E-state index contributed by atoms with van der Waals surface area (Å²) in [6.45, 7) is 1.76. The fourth-order valence-corrected chi connectivity index (χ4v) is 3.90. The summed E-state index contributed by atoms with van der Waals surface area (Å²) in [5.41, 5.74) is 2.14. The number of nitrogens with one attached hydrogen (secondary N) is 2. The van der Waals surface area contributed by atoms with Crippen molar-refractivity contribution in [2.45, 2.75) is 20.0 Å². The van der Waals surface area contributed by atoms with Crippen molar-refractivity contribution in [3.63, 3.8) is 0 Å². The molecule has 0 bridgehead atoms. The molecule has 0 aliphatic rings. The van der Waals surface area contributed by atoms with Crippen molar-refractivity contribution < 1.29 is 19.1 Å². The molecule has 174 valence electrons. The number of ether oxygens (including phenoxy) is 1. The Hall–Kier alpha value is -4.25. The van der Waals surface area contributed by atoms with Gasteiger partial charge >= 0.3 is 0 Å². The second-order valence-electron chi connectivity index (χ2n) is 7.37. The highest BCUT2D eigenvalue weighted by Gasteiger charge is 2.13. The van der Waals surface area contributed by atoms with Crippen molar-refractivity contribution in [1.29, 1.82) is 0 Å². The van der Waals surface area contributed by atoms with Gasteiger partial charge in [0.15, 0.2) is 5.78 Å². The number of methoxy groups -OCH3 is 1. The van der Waals surface area contributed by atoms with Crippen LogP contribution in [0.3, 0.4) is 0 Å². The Bertz CT molecular complexity index is 1340. The van der Waals surface area contributed by atoms with Crippen molar-refractivity contribution in [2.24, 2.45) is 0 Å². The average Bonchev–Trinajstić information content (AvgIpc) is 3.59. The maximum atomic E-state index is 12.3. The number of nitrogens with zero attached hydrogens (tertiary/aromatic N) is 4. The molecule has 0 atom stereocenters. The van der Waals surface area contributed by atoms with Gasteiger partial charge in [-0.3, -0.25) is 19.1 Å². The van der Waals surface area contributed by atoms with E-state index in [2.05, 4.69) is 20.8 Å². The third-order valence-corrected chi connectivity index (χ3v) is 6.00. The summed E-state index contributed by atoms with van der Waals surface area (Å²) < 4.78 is 8.37. The zero-order valence-corrected chi connectivity index (χ0v) is 19.3. The highest BCUT2D eigenvalue weighted by atomic mass is 32.1. The van der Waals surface area contributed by atoms with E-state index >= 15 is 0 Å². The number of rotatable bonds is 9. The fourth-order valence-electron chi connectivity index (χ4n) is 3.11. The Morgan fingerprint density at radius 2 is 1.88 bits per heavy atom. The SMILES string of the molecule is COc1cccc(-n2cc(CNC(=O)Cn3cc(NC(=O)c4ccc(C(C)=O)s4)cn3)cn2)c1. The van der Waals surface area contributed by atoms with Crippen molar-refractivity contribution in [2.75, 3.05) is 12.4 Å². The van der Waals surface area contributed by atoms with Crippen LogP contribution < -0.4 is 15.4 Å². The van der Waals surface area contributed by atoms with Crippen molar-refractivity contribution >= 4 is 34.6 Å². The second-order valence-corrected chi connectivity index (χ2v) is 8.46. The van der Waals surface area contributed by atoms with Gasteiger partial charge in [0.05, 0.1) is 40.6 Å². The van der Waals surface area contributed by atoms with Crippen LogP contribution in [-0.4, -0.2) is 44.3 Å². The van der Waals surface area contributed by atoms with Gasteiger partial charge in [-0.05, 0) is 31.2 Å². The molecule has 0 saturated carbocycles. The third kappa shape index (κ3) is 5.56. The number of amides is 2. The quantitative estimate of drug-likeness (QED) is 0.357. The topological polar surface area (TPSA) is 120 Å². The summed E-state index contributed by atoms with van der Waals surface area (Å²) in [6.07, 6.45) is 6.54. The molecule has 4 aromatic rings. The molecule has 0 radical (unpaired) electrons. The number of ketones is 1. The molecule has 2 amide bonds. The van der Waals surface area contributed by atoms with Gasteiger partial charge in [-0.2, -0.15) is 10.2 Å². The lowest BCUT2D eigenvalue weighted by Gasteiger charge is -2.05. The first kappa shape index (κ1) is 22.9. The molecule has 0 aliphatic carbocycles. The van der Waals surface area contributed by atoms with Crippen molar-refractivity contribution in [1.82, 2.24) is 24.9 Å². The van der Waals surface area contributed by atoms with Gasteiger partial charge < -0.3 is 15.4 Å².